The second-order valence-corrected chi connectivity index (χ2v) is 8.03. The summed E-state index contributed by atoms with van der Waals surface area (Å²) in [7, 11) is 2.08. The molecule has 0 amide bonds. The molecular formula is C22H27N5O2. The number of likely N-dealkylation sites (tertiary alicyclic amines) is 1. The van der Waals surface area contributed by atoms with Crippen LogP contribution in [-0.2, 0) is 20.0 Å². The SMILES string of the molecule is Cn1ccnc1CC1CCCN(Cc2cn[nH]c2-c2ccc3c(c2)OCCO3)C1. The summed E-state index contributed by atoms with van der Waals surface area (Å²) in [5, 5.41) is 7.52. The van der Waals surface area contributed by atoms with Crippen molar-refractivity contribution in [2.45, 2.75) is 25.8 Å². The number of H-pyrrole nitrogens is 1. The van der Waals surface area contributed by atoms with Crippen LogP contribution >= 0.6 is 0 Å². The van der Waals surface area contributed by atoms with Crippen molar-refractivity contribution in [2.75, 3.05) is 26.3 Å². The van der Waals surface area contributed by atoms with Gasteiger partial charge >= 0.3 is 0 Å². The Bertz CT molecular complexity index is 979. The van der Waals surface area contributed by atoms with Gasteiger partial charge in [0.05, 0.1) is 11.9 Å². The third-order valence-electron chi connectivity index (χ3n) is 5.94. The average Bonchev–Trinajstić information content (AvgIpc) is 3.37. The van der Waals surface area contributed by atoms with Gasteiger partial charge in [-0.25, -0.2) is 4.98 Å². The molecule has 3 aromatic rings. The van der Waals surface area contributed by atoms with Crippen LogP contribution in [0.4, 0.5) is 0 Å². The minimum atomic E-state index is 0.595. The first-order valence-electron chi connectivity index (χ1n) is 10.4. The van der Waals surface area contributed by atoms with E-state index >= 15 is 0 Å². The molecule has 1 atom stereocenters. The molecule has 0 saturated carbocycles. The quantitative estimate of drug-likeness (QED) is 0.722. The van der Waals surface area contributed by atoms with E-state index in [0.717, 1.165) is 48.8 Å². The van der Waals surface area contributed by atoms with Crippen molar-refractivity contribution < 1.29 is 9.47 Å². The van der Waals surface area contributed by atoms with Gasteiger partial charge in [-0.1, -0.05) is 0 Å². The number of piperidine rings is 1. The summed E-state index contributed by atoms with van der Waals surface area (Å²) < 4.78 is 13.5. The fourth-order valence-corrected chi connectivity index (χ4v) is 4.43. The highest BCUT2D eigenvalue weighted by Gasteiger charge is 2.23. The summed E-state index contributed by atoms with van der Waals surface area (Å²) >= 11 is 0. The Balaban J connectivity index is 1.29. The zero-order valence-corrected chi connectivity index (χ0v) is 16.8. The standard InChI is InChI=1S/C22H27N5O2/c1-26-8-6-23-21(26)11-16-3-2-7-27(14-16)15-18-13-24-25-22(18)17-4-5-19-20(12-17)29-10-9-28-19/h4-6,8,12-13,16H,2-3,7,9-11,14-15H2,1H3,(H,24,25). The van der Waals surface area contributed by atoms with Crippen LogP contribution < -0.4 is 9.47 Å². The van der Waals surface area contributed by atoms with Gasteiger partial charge in [0.15, 0.2) is 11.5 Å². The van der Waals surface area contributed by atoms with Gasteiger partial charge in [-0.05, 0) is 43.5 Å². The number of nitrogens with one attached hydrogen (secondary N) is 1. The van der Waals surface area contributed by atoms with E-state index in [4.69, 9.17) is 9.47 Å². The maximum atomic E-state index is 5.75. The van der Waals surface area contributed by atoms with Crippen LogP contribution in [0.2, 0.25) is 0 Å². The van der Waals surface area contributed by atoms with E-state index in [1.807, 2.05) is 30.7 Å². The maximum Gasteiger partial charge on any atom is 0.162 e. The van der Waals surface area contributed by atoms with Crippen LogP contribution in [0.25, 0.3) is 11.3 Å². The topological polar surface area (TPSA) is 68.2 Å². The van der Waals surface area contributed by atoms with E-state index in [1.165, 1.54) is 24.2 Å². The lowest BCUT2D eigenvalue weighted by atomic mass is 9.94. The molecular weight excluding hydrogens is 366 g/mol. The molecule has 2 aromatic heterocycles. The van der Waals surface area contributed by atoms with Gasteiger partial charge in [0, 0.05) is 50.1 Å². The Hall–Kier alpha value is -2.80. The lowest BCUT2D eigenvalue weighted by molar-refractivity contribution is 0.165. The van der Waals surface area contributed by atoms with Crippen molar-refractivity contribution in [3.63, 3.8) is 0 Å². The van der Waals surface area contributed by atoms with Crippen LogP contribution in [0.1, 0.15) is 24.2 Å². The number of aromatic nitrogens is 4. The number of fused-ring (bicyclic) bond motifs is 1. The van der Waals surface area contributed by atoms with E-state index < -0.39 is 0 Å². The van der Waals surface area contributed by atoms with Crippen molar-refractivity contribution >= 4 is 0 Å². The summed E-state index contributed by atoms with van der Waals surface area (Å²) in [5.74, 6) is 3.45. The normalized spacial score (nSPS) is 19.4. The molecule has 0 aliphatic carbocycles. The van der Waals surface area contributed by atoms with E-state index in [2.05, 4.69) is 37.8 Å². The third kappa shape index (κ3) is 3.87. The molecule has 1 aromatic carbocycles. The summed E-state index contributed by atoms with van der Waals surface area (Å²) in [6, 6.07) is 6.11. The molecule has 2 aliphatic heterocycles. The number of rotatable bonds is 5. The fourth-order valence-electron chi connectivity index (χ4n) is 4.43. The lowest BCUT2D eigenvalue weighted by Crippen LogP contribution is -2.36. The van der Waals surface area contributed by atoms with Gasteiger partial charge in [0.25, 0.3) is 0 Å². The molecule has 5 rings (SSSR count). The summed E-state index contributed by atoms with van der Waals surface area (Å²) in [6.07, 6.45) is 9.41. The Morgan fingerprint density at radius 1 is 1.21 bits per heavy atom. The molecule has 152 valence electrons. The molecule has 1 unspecified atom stereocenters. The molecule has 0 bridgehead atoms. The first kappa shape index (κ1) is 18.2. The molecule has 1 saturated heterocycles. The molecule has 0 spiro atoms. The zero-order valence-electron chi connectivity index (χ0n) is 16.8. The number of ether oxygens (including phenoxy) is 2. The number of hydrogen-bond donors (Lipinski definition) is 1. The molecule has 1 N–H and O–H groups in total. The van der Waals surface area contributed by atoms with Crippen LogP contribution in [0.3, 0.4) is 0 Å². The largest absolute Gasteiger partial charge is 0.486 e. The smallest absolute Gasteiger partial charge is 0.162 e. The highest BCUT2D eigenvalue weighted by molar-refractivity contribution is 5.66. The van der Waals surface area contributed by atoms with Crippen LogP contribution in [-0.4, -0.2) is 51.0 Å². The fraction of sp³-hybridized carbons (Fsp3) is 0.455. The molecule has 7 nitrogen and oxygen atoms in total. The highest BCUT2D eigenvalue weighted by Crippen LogP contribution is 2.35. The number of aromatic amines is 1. The Labute approximate surface area is 170 Å². The van der Waals surface area contributed by atoms with Crippen LogP contribution in [0.5, 0.6) is 11.5 Å². The Morgan fingerprint density at radius 3 is 2.97 bits per heavy atom. The summed E-state index contributed by atoms with van der Waals surface area (Å²) in [6.45, 7) is 4.33. The number of hydrogen-bond acceptors (Lipinski definition) is 5. The van der Waals surface area contributed by atoms with Crippen molar-refractivity contribution in [1.82, 2.24) is 24.6 Å². The van der Waals surface area contributed by atoms with Crippen molar-refractivity contribution in [1.29, 1.82) is 0 Å². The molecule has 4 heterocycles. The van der Waals surface area contributed by atoms with Crippen molar-refractivity contribution in [3.05, 3.63) is 48.2 Å². The van der Waals surface area contributed by atoms with Gasteiger partial charge in [-0.3, -0.25) is 10.00 Å². The van der Waals surface area contributed by atoms with E-state index in [9.17, 15) is 0 Å². The van der Waals surface area contributed by atoms with Gasteiger partial charge in [-0.2, -0.15) is 5.10 Å². The van der Waals surface area contributed by atoms with Crippen molar-refractivity contribution in [3.8, 4) is 22.8 Å². The molecule has 7 heteroatoms. The monoisotopic (exact) mass is 393 g/mol. The predicted molar refractivity (Wildman–Crippen MR) is 110 cm³/mol. The first-order chi connectivity index (χ1) is 14.3. The minimum absolute atomic E-state index is 0.595. The zero-order chi connectivity index (χ0) is 19.6. The van der Waals surface area contributed by atoms with Crippen molar-refractivity contribution in [2.24, 2.45) is 13.0 Å². The second-order valence-electron chi connectivity index (χ2n) is 8.03. The Kier molecular flexibility index (Phi) is 4.97. The third-order valence-corrected chi connectivity index (χ3v) is 5.94. The van der Waals surface area contributed by atoms with E-state index in [-0.39, 0.29) is 0 Å². The van der Waals surface area contributed by atoms with Gasteiger partial charge in [0.1, 0.15) is 19.0 Å². The van der Waals surface area contributed by atoms with Crippen LogP contribution in [0.15, 0.2) is 36.8 Å². The van der Waals surface area contributed by atoms with E-state index in [0.29, 0.717) is 19.1 Å². The Morgan fingerprint density at radius 2 is 2.10 bits per heavy atom. The number of imidazole rings is 1. The average molecular weight is 393 g/mol. The predicted octanol–water partition coefficient (Wildman–Crippen LogP) is 3.04. The van der Waals surface area contributed by atoms with Gasteiger partial charge in [-0.15, -0.1) is 0 Å². The molecule has 2 aliphatic rings. The second kappa shape index (κ2) is 7.91. The van der Waals surface area contributed by atoms with E-state index in [1.54, 1.807) is 0 Å². The lowest BCUT2D eigenvalue weighted by Gasteiger charge is -2.32. The first-order valence-corrected chi connectivity index (χ1v) is 10.4. The number of benzene rings is 1. The summed E-state index contributed by atoms with van der Waals surface area (Å²) in [4.78, 5) is 7.05. The molecule has 0 radical (unpaired) electrons. The van der Waals surface area contributed by atoms with Gasteiger partial charge in [0.2, 0.25) is 0 Å². The maximum absolute atomic E-state index is 5.75. The number of aryl methyl sites for hydroxylation is 1. The highest BCUT2D eigenvalue weighted by atomic mass is 16.6. The summed E-state index contributed by atoms with van der Waals surface area (Å²) in [5.41, 5.74) is 3.37. The van der Waals surface area contributed by atoms with Crippen LogP contribution in [0, 0.1) is 5.92 Å². The number of nitrogens with zero attached hydrogens (tertiary/aromatic N) is 4. The van der Waals surface area contributed by atoms with Gasteiger partial charge < -0.3 is 14.0 Å². The molecule has 29 heavy (non-hydrogen) atoms. The minimum Gasteiger partial charge on any atom is -0.486 e. The molecule has 1 fully saturated rings.